The maximum absolute atomic E-state index is 10.8. The van der Waals surface area contributed by atoms with Gasteiger partial charge in [-0.1, -0.05) is 31.9 Å². The second kappa shape index (κ2) is 5.32. The molecule has 0 saturated carbocycles. The molecule has 0 aliphatic rings. The Morgan fingerprint density at radius 3 is 2.36 bits per heavy atom. The smallest absolute Gasteiger partial charge is 0.330 e. The molecule has 0 aliphatic heterocycles. The van der Waals surface area contributed by atoms with Gasteiger partial charge >= 0.3 is 5.97 Å². The van der Waals surface area contributed by atoms with Crippen LogP contribution in [-0.2, 0) is 9.53 Å². The van der Waals surface area contributed by atoms with Crippen molar-refractivity contribution in [2.75, 3.05) is 7.11 Å². The minimum Gasteiger partial charge on any atom is -0.466 e. The quantitative estimate of drug-likeness (QED) is 0.617. The van der Waals surface area contributed by atoms with E-state index in [9.17, 15) is 4.79 Å². The average molecular weight is 320 g/mol. The molecule has 0 bridgehead atoms. The zero-order valence-corrected chi connectivity index (χ0v) is 10.6. The van der Waals surface area contributed by atoms with Gasteiger partial charge in [0.15, 0.2) is 0 Å². The lowest BCUT2D eigenvalue weighted by molar-refractivity contribution is -0.134. The number of rotatable bonds is 2. The zero-order chi connectivity index (χ0) is 10.6. The number of halogens is 2. The molecule has 0 N–H and O–H groups in total. The number of carbonyl (C=O) groups excluding carboxylic acids is 1. The third-order valence-corrected chi connectivity index (χ3v) is 2.41. The Morgan fingerprint density at radius 1 is 1.29 bits per heavy atom. The van der Waals surface area contributed by atoms with Crippen LogP contribution in [0.5, 0.6) is 0 Å². The van der Waals surface area contributed by atoms with Crippen molar-refractivity contribution in [1.82, 2.24) is 0 Å². The van der Waals surface area contributed by atoms with Crippen LogP contribution >= 0.6 is 31.9 Å². The molecule has 0 atom stereocenters. The molecule has 0 unspecified atom stereocenters. The molecule has 0 saturated heterocycles. The number of benzene rings is 1. The minimum absolute atomic E-state index is 0.360. The fraction of sp³-hybridized carbons (Fsp3) is 0.100. The maximum atomic E-state index is 10.8. The first-order valence-electron chi connectivity index (χ1n) is 3.84. The average Bonchev–Trinajstić information content (AvgIpc) is 2.12. The summed E-state index contributed by atoms with van der Waals surface area (Å²) in [6.07, 6.45) is 3.08. The summed E-state index contributed by atoms with van der Waals surface area (Å²) in [6.45, 7) is 0. The Balaban J connectivity index is 2.86. The first-order valence-corrected chi connectivity index (χ1v) is 5.42. The number of hydrogen-bond acceptors (Lipinski definition) is 2. The first-order chi connectivity index (χ1) is 6.61. The van der Waals surface area contributed by atoms with Crippen LogP contribution in [0.2, 0.25) is 0 Å². The van der Waals surface area contributed by atoms with E-state index in [2.05, 4.69) is 36.6 Å². The van der Waals surface area contributed by atoms with Crippen molar-refractivity contribution in [1.29, 1.82) is 0 Å². The third kappa shape index (κ3) is 3.64. The fourth-order valence-electron chi connectivity index (χ4n) is 0.904. The van der Waals surface area contributed by atoms with Crippen LogP contribution in [0, 0.1) is 0 Å². The van der Waals surface area contributed by atoms with Gasteiger partial charge in [0, 0.05) is 15.0 Å². The van der Waals surface area contributed by atoms with Gasteiger partial charge < -0.3 is 4.74 Å². The van der Waals surface area contributed by atoms with Crippen molar-refractivity contribution in [3.63, 3.8) is 0 Å². The van der Waals surface area contributed by atoms with E-state index < -0.39 is 0 Å². The molecule has 0 fully saturated rings. The molecule has 74 valence electrons. The monoisotopic (exact) mass is 318 g/mol. The van der Waals surface area contributed by atoms with Gasteiger partial charge in [0.05, 0.1) is 7.11 Å². The number of hydrogen-bond donors (Lipinski definition) is 0. The molecule has 0 amide bonds. The molecule has 4 heteroatoms. The normalized spacial score (nSPS) is 10.5. The van der Waals surface area contributed by atoms with Gasteiger partial charge in [-0.25, -0.2) is 4.79 Å². The lowest BCUT2D eigenvalue weighted by Gasteiger charge is -1.97. The lowest BCUT2D eigenvalue weighted by atomic mass is 10.2. The van der Waals surface area contributed by atoms with Crippen molar-refractivity contribution in [2.24, 2.45) is 0 Å². The Kier molecular flexibility index (Phi) is 4.35. The van der Waals surface area contributed by atoms with Gasteiger partial charge in [0.1, 0.15) is 0 Å². The standard InChI is InChI=1S/C10H8Br2O2/c1-14-10(13)3-2-7-4-8(11)6-9(12)5-7/h2-6H,1H3. The van der Waals surface area contributed by atoms with Crippen molar-refractivity contribution in [3.8, 4) is 0 Å². The third-order valence-electron chi connectivity index (χ3n) is 1.50. The van der Waals surface area contributed by atoms with Crippen LogP contribution in [0.1, 0.15) is 5.56 Å². The highest BCUT2D eigenvalue weighted by Gasteiger charge is 1.95. The van der Waals surface area contributed by atoms with Gasteiger partial charge in [-0.2, -0.15) is 0 Å². The van der Waals surface area contributed by atoms with E-state index in [-0.39, 0.29) is 5.97 Å². The number of ether oxygens (including phenoxy) is 1. The van der Waals surface area contributed by atoms with Gasteiger partial charge in [0.2, 0.25) is 0 Å². The Bertz CT molecular complexity index is 352. The molecule has 0 spiro atoms. The van der Waals surface area contributed by atoms with E-state index in [0.29, 0.717) is 0 Å². The first kappa shape index (κ1) is 11.5. The van der Waals surface area contributed by atoms with Crippen molar-refractivity contribution in [2.45, 2.75) is 0 Å². The number of methoxy groups -OCH3 is 1. The van der Waals surface area contributed by atoms with E-state index in [1.54, 1.807) is 6.08 Å². The predicted octanol–water partition coefficient (Wildman–Crippen LogP) is 3.40. The molecular weight excluding hydrogens is 312 g/mol. The summed E-state index contributed by atoms with van der Waals surface area (Å²) < 4.78 is 6.39. The summed E-state index contributed by atoms with van der Waals surface area (Å²) in [5, 5.41) is 0. The van der Waals surface area contributed by atoms with Gasteiger partial charge in [-0.05, 0) is 29.8 Å². The highest BCUT2D eigenvalue weighted by atomic mass is 79.9. The van der Waals surface area contributed by atoms with Crippen LogP contribution in [-0.4, -0.2) is 13.1 Å². The summed E-state index contributed by atoms with van der Waals surface area (Å²) >= 11 is 6.71. The maximum Gasteiger partial charge on any atom is 0.330 e. The van der Waals surface area contributed by atoms with Crippen LogP contribution in [0.3, 0.4) is 0 Å². The Morgan fingerprint density at radius 2 is 1.86 bits per heavy atom. The summed E-state index contributed by atoms with van der Waals surface area (Å²) in [4.78, 5) is 10.8. The molecule has 1 aromatic rings. The largest absolute Gasteiger partial charge is 0.466 e. The molecule has 2 nitrogen and oxygen atoms in total. The highest BCUT2D eigenvalue weighted by Crippen LogP contribution is 2.20. The van der Waals surface area contributed by atoms with Gasteiger partial charge in [-0.3, -0.25) is 0 Å². The molecule has 0 aromatic heterocycles. The second-order valence-electron chi connectivity index (χ2n) is 2.56. The molecule has 0 heterocycles. The lowest BCUT2D eigenvalue weighted by Crippen LogP contribution is -1.93. The van der Waals surface area contributed by atoms with Crippen molar-refractivity contribution >= 4 is 43.9 Å². The molecule has 14 heavy (non-hydrogen) atoms. The van der Waals surface area contributed by atoms with Gasteiger partial charge in [0.25, 0.3) is 0 Å². The summed E-state index contributed by atoms with van der Waals surface area (Å²) in [5.41, 5.74) is 0.927. The van der Waals surface area contributed by atoms with Crippen molar-refractivity contribution < 1.29 is 9.53 Å². The van der Waals surface area contributed by atoms with E-state index in [4.69, 9.17) is 0 Å². The molecular formula is C10H8Br2O2. The van der Waals surface area contributed by atoms with Crippen LogP contribution in [0.4, 0.5) is 0 Å². The summed E-state index contributed by atoms with van der Waals surface area (Å²) in [6, 6.07) is 5.74. The Labute approximate surface area is 99.2 Å². The van der Waals surface area contributed by atoms with Crippen LogP contribution < -0.4 is 0 Å². The van der Waals surface area contributed by atoms with E-state index >= 15 is 0 Å². The SMILES string of the molecule is COC(=O)C=Cc1cc(Br)cc(Br)c1. The van der Waals surface area contributed by atoms with Gasteiger partial charge in [-0.15, -0.1) is 0 Å². The second-order valence-corrected chi connectivity index (χ2v) is 4.39. The molecule has 0 radical (unpaired) electrons. The van der Waals surface area contributed by atoms with Crippen LogP contribution in [0.15, 0.2) is 33.2 Å². The number of esters is 1. The zero-order valence-electron chi connectivity index (χ0n) is 7.46. The molecule has 1 rings (SSSR count). The highest BCUT2D eigenvalue weighted by molar-refractivity contribution is 9.11. The molecule has 1 aromatic carbocycles. The van der Waals surface area contributed by atoms with Crippen molar-refractivity contribution in [3.05, 3.63) is 38.8 Å². The molecule has 0 aliphatic carbocycles. The predicted molar refractivity (Wildman–Crippen MR) is 62.9 cm³/mol. The van der Waals surface area contributed by atoms with E-state index in [1.807, 2.05) is 18.2 Å². The fourth-order valence-corrected chi connectivity index (χ4v) is 2.23. The van der Waals surface area contributed by atoms with E-state index in [0.717, 1.165) is 14.5 Å². The summed E-state index contributed by atoms with van der Waals surface area (Å²) in [7, 11) is 1.35. The minimum atomic E-state index is -0.360. The van der Waals surface area contributed by atoms with Crippen LogP contribution in [0.25, 0.3) is 6.08 Å². The summed E-state index contributed by atoms with van der Waals surface area (Å²) in [5.74, 6) is -0.360. The number of carbonyl (C=O) groups is 1. The topological polar surface area (TPSA) is 26.3 Å². The van der Waals surface area contributed by atoms with E-state index in [1.165, 1.54) is 13.2 Å². The Hall–Kier alpha value is -0.610.